The molecule has 180 valence electrons. The van der Waals surface area contributed by atoms with Gasteiger partial charge in [0.2, 0.25) is 11.8 Å². The topological polar surface area (TPSA) is 93.5 Å². The van der Waals surface area contributed by atoms with Gasteiger partial charge in [-0.2, -0.15) is 5.26 Å². The number of nitrogens with one attached hydrogen (secondary N) is 1. The average molecular weight is 475 g/mol. The molecule has 35 heavy (non-hydrogen) atoms. The van der Waals surface area contributed by atoms with Crippen LogP contribution in [0, 0.1) is 17.1 Å². The number of anilines is 1. The van der Waals surface area contributed by atoms with Crippen LogP contribution in [0.2, 0.25) is 0 Å². The number of hydrogen-bond acceptors (Lipinski definition) is 5. The average Bonchev–Trinajstić information content (AvgIpc) is 3.19. The Morgan fingerprint density at radius 1 is 1.06 bits per heavy atom. The van der Waals surface area contributed by atoms with Gasteiger partial charge >= 0.3 is 0 Å². The first-order chi connectivity index (χ1) is 16.9. The van der Waals surface area contributed by atoms with Crippen LogP contribution in [-0.4, -0.2) is 34.7 Å². The minimum absolute atomic E-state index is 0.205. The van der Waals surface area contributed by atoms with Crippen LogP contribution in [0.4, 0.5) is 10.1 Å². The van der Waals surface area contributed by atoms with Crippen molar-refractivity contribution in [2.45, 2.75) is 70.1 Å². The summed E-state index contributed by atoms with van der Waals surface area (Å²) in [6.07, 6.45) is 5.98. The second-order valence-corrected chi connectivity index (χ2v) is 9.58. The Morgan fingerprint density at radius 3 is 2.57 bits per heavy atom. The summed E-state index contributed by atoms with van der Waals surface area (Å²) in [6.45, 7) is 0.670. The van der Waals surface area contributed by atoms with Crippen molar-refractivity contribution in [1.29, 1.82) is 5.26 Å². The van der Waals surface area contributed by atoms with Crippen LogP contribution in [0.5, 0.6) is 0 Å². The summed E-state index contributed by atoms with van der Waals surface area (Å²) in [4.78, 5) is 40.7. The number of imide groups is 1. The smallest absolute Gasteiger partial charge is 0.255 e. The van der Waals surface area contributed by atoms with Crippen LogP contribution in [-0.2, 0) is 22.7 Å². The molecule has 3 aliphatic rings. The Hall–Kier alpha value is -3.73. The molecule has 7 nitrogen and oxygen atoms in total. The fourth-order valence-electron chi connectivity index (χ4n) is 5.49. The molecule has 2 fully saturated rings. The molecule has 2 aromatic carbocycles. The van der Waals surface area contributed by atoms with Crippen LogP contribution in [0.3, 0.4) is 0 Å². The van der Waals surface area contributed by atoms with Crippen LogP contribution in [0.1, 0.15) is 72.0 Å². The molecule has 2 aliphatic heterocycles. The van der Waals surface area contributed by atoms with E-state index in [1.165, 1.54) is 12.5 Å². The molecule has 5 rings (SSSR count). The van der Waals surface area contributed by atoms with Crippen LogP contribution >= 0.6 is 0 Å². The van der Waals surface area contributed by atoms with E-state index in [0.29, 0.717) is 36.2 Å². The number of rotatable bonds is 5. The molecule has 1 unspecified atom stereocenters. The lowest BCUT2D eigenvalue weighted by Gasteiger charge is -2.36. The van der Waals surface area contributed by atoms with Crippen LogP contribution in [0.15, 0.2) is 36.4 Å². The van der Waals surface area contributed by atoms with Gasteiger partial charge in [0, 0.05) is 42.4 Å². The molecule has 8 heteroatoms. The van der Waals surface area contributed by atoms with E-state index in [0.717, 1.165) is 36.9 Å². The molecule has 1 atom stereocenters. The number of halogens is 1. The van der Waals surface area contributed by atoms with E-state index in [2.05, 4.69) is 10.2 Å². The third-order valence-corrected chi connectivity index (χ3v) is 7.38. The largest absolute Gasteiger partial charge is 0.364 e. The van der Waals surface area contributed by atoms with Crippen LogP contribution < -0.4 is 10.2 Å². The van der Waals surface area contributed by atoms with Gasteiger partial charge in [-0.15, -0.1) is 0 Å². The molecule has 1 aliphatic carbocycles. The Bertz CT molecular complexity index is 1230. The summed E-state index contributed by atoms with van der Waals surface area (Å²) in [5.74, 6) is -1.34. The van der Waals surface area contributed by atoms with Crippen molar-refractivity contribution in [3.8, 4) is 6.07 Å². The number of amides is 3. The summed E-state index contributed by atoms with van der Waals surface area (Å²) in [7, 11) is 0. The number of piperidine rings is 1. The predicted octanol–water partition coefficient (Wildman–Crippen LogP) is 3.80. The van der Waals surface area contributed by atoms with Crippen LogP contribution in [0.25, 0.3) is 0 Å². The fourth-order valence-corrected chi connectivity index (χ4v) is 5.49. The molecule has 2 aromatic rings. The summed E-state index contributed by atoms with van der Waals surface area (Å²) >= 11 is 0. The number of benzene rings is 2. The van der Waals surface area contributed by atoms with Crippen molar-refractivity contribution in [3.05, 3.63) is 64.5 Å². The quantitative estimate of drug-likeness (QED) is 0.666. The molecule has 3 amide bonds. The minimum Gasteiger partial charge on any atom is -0.364 e. The summed E-state index contributed by atoms with van der Waals surface area (Å²) in [5, 5.41) is 11.4. The highest BCUT2D eigenvalue weighted by atomic mass is 19.1. The summed E-state index contributed by atoms with van der Waals surface area (Å²) in [5.41, 5.74) is 3.12. The van der Waals surface area contributed by atoms with Crippen molar-refractivity contribution in [2.75, 3.05) is 4.90 Å². The number of fused-ring (bicyclic) bond motifs is 1. The van der Waals surface area contributed by atoms with E-state index in [1.807, 2.05) is 18.2 Å². The number of hydrogen-bond donors (Lipinski definition) is 1. The maximum atomic E-state index is 14.8. The fraction of sp³-hybridized carbons (Fsp3) is 0.407. The molecule has 0 aromatic heterocycles. The number of carbonyl (C=O) groups is 3. The number of nitriles is 1. The first-order valence-electron chi connectivity index (χ1n) is 12.2. The molecule has 1 saturated heterocycles. The molecule has 0 spiro atoms. The third kappa shape index (κ3) is 4.51. The maximum absolute atomic E-state index is 14.8. The van der Waals surface area contributed by atoms with Gasteiger partial charge < -0.3 is 9.80 Å². The predicted molar refractivity (Wildman–Crippen MR) is 127 cm³/mol. The normalized spacial score (nSPS) is 20.4. The lowest BCUT2D eigenvalue weighted by Crippen LogP contribution is -2.52. The SMILES string of the molecule is N#Cc1ccc(CN(c2ccc3c(c2)CN(C2CCC(=O)NC2=O)C3=O)C2CCCCC2)c(F)c1. The Kier molecular flexibility index (Phi) is 6.25. The lowest BCUT2D eigenvalue weighted by molar-refractivity contribution is -0.136. The van der Waals surface area contributed by atoms with Crippen molar-refractivity contribution in [2.24, 2.45) is 0 Å². The second-order valence-electron chi connectivity index (χ2n) is 9.58. The van der Waals surface area contributed by atoms with Crippen molar-refractivity contribution in [3.63, 3.8) is 0 Å². The molecule has 0 bridgehead atoms. The van der Waals surface area contributed by atoms with Gasteiger partial charge in [0.15, 0.2) is 0 Å². The van der Waals surface area contributed by atoms with E-state index >= 15 is 0 Å². The summed E-state index contributed by atoms with van der Waals surface area (Å²) < 4.78 is 14.8. The van der Waals surface area contributed by atoms with E-state index < -0.39 is 17.8 Å². The van der Waals surface area contributed by atoms with E-state index in [1.54, 1.807) is 23.1 Å². The first-order valence-corrected chi connectivity index (χ1v) is 12.2. The van der Waals surface area contributed by atoms with Gasteiger partial charge in [-0.05, 0) is 55.2 Å². The van der Waals surface area contributed by atoms with Gasteiger partial charge in [0.05, 0.1) is 11.6 Å². The Morgan fingerprint density at radius 2 is 1.86 bits per heavy atom. The lowest BCUT2D eigenvalue weighted by atomic mass is 9.93. The van der Waals surface area contributed by atoms with Gasteiger partial charge in [0.1, 0.15) is 11.9 Å². The zero-order valence-electron chi connectivity index (χ0n) is 19.4. The highest BCUT2D eigenvalue weighted by molar-refractivity contribution is 6.05. The molecule has 1 saturated carbocycles. The number of carbonyl (C=O) groups excluding carboxylic acids is 3. The van der Waals surface area contributed by atoms with Gasteiger partial charge in [-0.3, -0.25) is 19.7 Å². The standard InChI is InChI=1S/C27H27FN4O3/c28-23-12-17(14-29)6-7-18(23)15-31(20-4-2-1-3-5-20)21-8-9-22-19(13-21)16-32(27(22)35)24-10-11-25(33)30-26(24)34/h6-9,12-13,20,24H,1-5,10-11,15-16H2,(H,30,33,34). The molecular formula is C27H27FN4O3. The van der Waals surface area contributed by atoms with Gasteiger partial charge in [-0.25, -0.2) is 4.39 Å². The zero-order valence-corrected chi connectivity index (χ0v) is 19.4. The molecule has 2 heterocycles. The van der Waals surface area contributed by atoms with E-state index in [4.69, 9.17) is 5.26 Å². The maximum Gasteiger partial charge on any atom is 0.255 e. The number of nitrogens with zero attached hydrogens (tertiary/aromatic N) is 3. The van der Waals surface area contributed by atoms with Gasteiger partial charge in [0.25, 0.3) is 5.91 Å². The van der Waals surface area contributed by atoms with E-state index in [-0.39, 0.29) is 24.3 Å². The van der Waals surface area contributed by atoms with Crippen molar-refractivity contribution >= 4 is 23.4 Å². The van der Waals surface area contributed by atoms with Crippen molar-refractivity contribution in [1.82, 2.24) is 10.2 Å². The highest BCUT2D eigenvalue weighted by Crippen LogP contribution is 2.34. The third-order valence-electron chi connectivity index (χ3n) is 7.38. The van der Waals surface area contributed by atoms with Gasteiger partial charge in [-0.1, -0.05) is 25.3 Å². The van der Waals surface area contributed by atoms with E-state index in [9.17, 15) is 18.8 Å². The highest BCUT2D eigenvalue weighted by Gasteiger charge is 2.39. The Labute approximate surface area is 203 Å². The zero-order chi connectivity index (χ0) is 24.5. The second kappa shape index (κ2) is 9.49. The summed E-state index contributed by atoms with van der Waals surface area (Å²) in [6, 6.07) is 11.8. The minimum atomic E-state index is -0.654. The molecular weight excluding hydrogens is 447 g/mol. The monoisotopic (exact) mass is 474 g/mol. The Balaban J connectivity index is 1.43. The molecule has 0 radical (unpaired) electrons. The molecule has 1 N–H and O–H groups in total. The van der Waals surface area contributed by atoms with Crippen molar-refractivity contribution < 1.29 is 18.8 Å². The first kappa shape index (κ1) is 23.0.